The fourth-order valence-corrected chi connectivity index (χ4v) is 3.18. The van der Waals surface area contributed by atoms with E-state index in [4.69, 9.17) is 9.47 Å². The predicted molar refractivity (Wildman–Crippen MR) is 81.4 cm³/mol. The zero-order valence-electron chi connectivity index (χ0n) is 11.5. The minimum atomic E-state index is 0.724. The van der Waals surface area contributed by atoms with Crippen LogP contribution >= 0.6 is 15.9 Å². The van der Waals surface area contributed by atoms with Crippen molar-refractivity contribution in [1.82, 2.24) is 4.90 Å². The molecule has 1 aliphatic rings. The summed E-state index contributed by atoms with van der Waals surface area (Å²) < 4.78 is 11.1. The lowest BCUT2D eigenvalue weighted by atomic mass is 10.1. The zero-order valence-corrected chi connectivity index (χ0v) is 13.1. The van der Waals surface area contributed by atoms with E-state index in [0.29, 0.717) is 0 Å². The summed E-state index contributed by atoms with van der Waals surface area (Å²) in [5.74, 6) is 2.49. The fourth-order valence-electron chi connectivity index (χ4n) is 2.53. The minimum absolute atomic E-state index is 0.724. The van der Waals surface area contributed by atoms with Gasteiger partial charge in [0.2, 0.25) is 0 Å². The Hall–Kier alpha value is -0.740. The summed E-state index contributed by atoms with van der Waals surface area (Å²) >= 11 is 3.52. The van der Waals surface area contributed by atoms with Gasteiger partial charge < -0.3 is 9.47 Å². The van der Waals surface area contributed by atoms with Crippen molar-refractivity contribution in [3.05, 3.63) is 24.3 Å². The summed E-state index contributed by atoms with van der Waals surface area (Å²) in [6.07, 6.45) is 2.60. The summed E-state index contributed by atoms with van der Waals surface area (Å²) in [7, 11) is 1.67. The molecule has 4 heteroatoms. The third kappa shape index (κ3) is 4.39. The lowest BCUT2D eigenvalue weighted by molar-refractivity contribution is 0.226. The Balaban J connectivity index is 1.72. The van der Waals surface area contributed by atoms with Crippen molar-refractivity contribution in [1.29, 1.82) is 0 Å². The average molecular weight is 328 g/mol. The van der Waals surface area contributed by atoms with E-state index in [2.05, 4.69) is 20.8 Å². The van der Waals surface area contributed by atoms with Crippen molar-refractivity contribution >= 4 is 15.9 Å². The monoisotopic (exact) mass is 327 g/mol. The highest BCUT2D eigenvalue weighted by atomic mass is 79.9. The standard InChI is InChI=1S/C15H22BrNO2/c1-18-14-4-2-3-5-15(14)19-11-10-17-9-7-13(12-17)6-8-16/h2-5,13H,6-12H2,1H3. The number of halogens is 1. The van der Waals surface area contributed by atoms with Crippen LogP contribution in [0.4, 0.5) is 0 Å². The lowest BCUT2D eigenvalue weighted by Crippen LogP contribution is -2.26. The largest absolute Gasteiger partial charge is 0.493 e. The van der Waals surface area contributed by atoms with Crippen LogP contribution in [0.25, 0.3) is 0 Å². The Morgan fingerprint density at radius 2 is 2.11 bits per heavy atom. The Morgan fingerprint density at radius 3 is 2.84 bits per heavy atom. The molecule has 1 atom stereocenters. The van der Waals surface area contributed by atoms with Crippen LogP contribution in [-0.4, -0.2) is 43.6 Å². The van der Waals surface area contributed by atoms with Crippen LogP contribution in [0.1, 0.15) is 12.8 Å². The SMILES string of the molecule is COc1ccccc1OCCN1CCC(CCBr)C1. The Labute approximate surface area is 124 Å². The zero-order chi connectivity index (χ0) is 13.5. The van der Waals surface area contributed by atoms with E-state index in [1.54, 1.807) is 7.11 Å². The summed E-state index contributed by atoms with van der Waals surface area (Å²) in [5, 5.41) is 1.11. The summed E-state index contributed by atoms with van der Waals surface area (Å²) in [4.78, 5) is 2.49. The van der Waals surface area contributed by atoms with Gasteiger partial charge in [0.05, 0.1) is 7.11 Å². The van der Waals surface area contributed by atoms with E-state index >= 15 is 0 Å². The van der Waals surface area contributed by atoms with Crippen LogP contribution in [0.5, 0.6) is 11.5 Å². The third-order valence-electron chi connectivity index (χ3n) is 3.62. The predicted octanol–water partition coefficient (Wildman–Crippen LogP) is 3.18. The molecule has 0 aliphatic carbocycles. The lowest BCUT2D eigenvalue weighted by Gasteiger charge is -2.17. The summed E-state index contributed by atoms with van der Waals surface area (Å²) in [6, 6.07) is 7.81. The molecule has 0 aromatic heterocycles. The van der Waals surface area contributed by atoms with Gasteiger partial charge in [-0.3, -0.25) is 4.90 Å². The first-order valence-electron chi connectivity index (χ1n) is 6.87. The first kappa shape index (κ1) is 14.7. The van der Waals surface area contributed by atoms with Gasteiger partial charge in [-0.2, -0.15) is 0 Å². The number of methoxy groups -OCH3 is 1. The molecule has 0 bridgehead atoms. The molecule has 0 amide bonds. The summed E-state index contributed by atoms with van der Waals surface area (Å²) in [5.41, 5.74) is 0. The Kier molecular flexibility index (Phi) is 5.98. The van der Waals surface area contributed by atoms with Gasteiger partial charge in [0.15, 0.2) is 11.5 Å². The van der Waals surface area contributed by atoms with Crippen LogP contribution in [0, 0.1) is 5.92 Å². The molecule has 0 N–H and O–H groups in total. The number of rotatable bonds is 7. The number of alkyl halides is 1. The molecule has 1 heterocycles. The van der Waals surface area contributed by atoms with Gasteiger partial charge in [-0.05, 0) is 37.4 Å². The molecule has 1 unspecified atom stereocenters. The number of benzene rings is 1. The highest BCUT2D eigenvalue weighted by Gasteiger charge is 2.21. The average Bonchev–Trinajstić information content (AvgIpc) is 2.87. The molecule has 0 radical (unpaired) electrons. The Morgan fingerprint density at radius 1 is 1.32 bits per heavy atom. The van der Waals surface area contributed by atoms with Gasteiger partial charge in [-0.25, -0.2) is 0 Å². The van der Waals surface area contributed by atoms with Crippen LogP contribution < -0.4 is 9.47 Å². The van der Waals surface area contributed by atoms with Gasteiger partial charge in [0, 0.05) is 18.4 Å². The third-order valence-corrected chi connectivity index (χ3v) is 4.08. The normalized spacial score (nSPS) is 19.6. The molecular formula is C15H22BrNO2. The second-order valence-electron chi connectivity index (χ2n) is 4.93. The molecule has 1 saturated heterocycles. The van der Waals surface area contributed by atoms with E-state index in [1.807, 2.05) is 24.3 Å². The van der Waals surface area contributed by atoms with Gasteiger partial charge >= 0.3 is 0 Å². The van der Waals surface area contributed by atoms with Crippen LogP contribution in [0.15, 0.2) is 24.3 Å². The van der Waals surface area contributed by atoms with Gasteiger partial charge in [-0.1, -0.05) is 28.1 Å². The smallest absolute Gasteiger partial charge is 0.161 e. The minimum Gasteiger partial charge on any atom is -0.493 e. The van der Waals surface area contributed by atoms with Crippen molar-refractivity contribution in [2.75, 3.05) is 38.7 Å². The number of hydrogen-bond donors (Lipinski definition) is 0. The maximum atomic E-state index is 5.81. The highest BCUT2D eigenvalue weighted by molar-refractivity contribution is 9.09. The van der Waals surface area contributed by atoms with Gasteiger partial charge in [-0.15, -0.1) is 0 Å². The van der Waals surface area contributed by atoms with Gasteiger partial charge in [0.25, 0.3) is 0 Å². The first-order chi connectivity index (χ1) is 9.33. The van der Waals surface area contributed by atoms with E-state index < -0.39 is 0 Å². The van der Waals surface area contributed by atoms with Crippen molar-refractivity contribution in [2.45, 2.75) is 12.8 Å². The van der Waals surface area contributed by atoms with Crippen molar-refractivity contribution in [3.8, 4) is 11.5 Å². The summed E-state index contributed by atoms with van der Waals surface area (Å²) in [6.45, 7) is 4.13. The Bertz CT molecular complexity index is 386. The molecule has 0 spiro atoms. The molecule has 1 fully saturated rings. The highest BCUT2D eigenvalue weighted by Crippen LogP contribution is 2.26. The van der Waals surface area contributed by atoms with Crippen molar-refractivity contribution < 1.29 is 9.47 Å². The number of ether oxygens (including phenoxy) is 2. The second kappa shape index (κ2) is 7.75. The molecule has 1 aromatic carbocycles. The number of para-hydroxylation sites is 2. The van der Waals surface area contributed by atoms with E-state index in [9.17, 15) is 0 Å². The fraction of sp³-hybridized carbons (Fsp3) is 0.600. The number of likely N-dealkylation sites (tertiary alicyclic amines) is 1. The quantitative estimate of drug-likeness (QED) is 0.718. The number of hydrogen-bond acceptors (Lipinski definition) is 3. The van der Waals surface area contributed by atoms with E-state index in [0.717, 1.165) is 35.9 Å². The molecule has 1 aromatic rings. The first-order valence-corrected chi connectivity index (χ1v) is 7.99. The molecule has 106 valence electrons. The molecule has 1 aliphatic heterocycles. The topological polar surface area (TPSA) is 21.7 Å². The molecular weight excluding hydrogens is 306 g/mol. The molecule has 0 saturated carbocycles. The maximum Gasteiger partial charge on any atom is 0.161 e. The van der Waals surface area contributed by atoms with Crippen LogP contribution in [0.3, 0.4) is 0 Å². The van der Waals surface area contributed by atoms with Crippen molar-refractivity contribution in [2.24, 2.45) is 5.92 Å². The molecule has 3 nitrogen and oxygen atoms in total. The van der Waals surface area contributed by atoms with Crippen molar-refractivity contribution in [3.63, 3.8) is 0 Å². The second-order valence-corrected chi connectivity index (χ2v) is 5.73. The molecule has 2 rings (SSSR count). The van der Waals surface area contributed by atoms with E-state index in [1.165, 1.54) is 25.9 Å². The van der Waals surface area contributed by atoms with Gasteiger partial charge in [0.1, 0.15) is 6.61 Å². The van der Waals surface area contributed by atoms with E-state index in [-0.39, 0.29) is 0 Å². The number of nitrogens with zero attached hydrogens (tertiary/aromatic N) is 1. The maximum absolute atomic E-state index is 5.81. The molecule has 19 heavy (non-hydrogen) atoms. The van der Waals surface area contributed by atoms with Crippen LogP contribution in [-0.2, 0) is 0 Å². The van der Waals surface area contributed by atoms with Crippen LogP contribution in [0.2, 0.25) is 0 Å².